The molecule has 128 valence electrons. The summed E-state index contributed by atoms with van der Waals surface area (Å²) in [5, 5.41) is 18.1. The lowest BCUT2D eigenvalue weighted by atomic mass is 10.0. The number of carboxylic acids is 1. The van der Waals surface area contributed by atoms with Gasteiger partial charge < -0.3 is 10.0 Å². The number of nitrogens with zero attached hydrogens (tertiary/aromatic N) is 2. The zero-order valence-electron chi connectivity index (χ0n) is 12.6. The summed E-state index contributed by atoms with van der Waals surface area (Å²) in [5.41, 5.74) is 1.05. The number of hydrogen-bond acceptors (Lipinski definition) is 5. The Morgan fingerprint density at radius 1 is 1.42 bits per heavy atom. The van der Waals surface area contributed by atoms with Crippen molar-refractivity contribution >= 4 is 22.1 Å². The monoisotopic (exact) mass is 354 g/mol. The van der Waals surface area contributed by atoms with Crippen LogP contribution in [0.25, 0.3) is 0 Å². The van der Waals surface area contributed by atoms with Crippen LogP contribution >= 0.6 is 0 Å². The Labute approximate surface area is 138 Å². The lowest BCUT2D eigenvalue weighted by Gasteiger charge is -2.24. The number of carbonyl (C=O) groups is 2. The van der Waals surface area contributed by atoms with Gasteiger partial charge in [0.2, 0.25) is 5.91 Å². The molecule has 9 heteroatoms. The summed E-state index contributed by atoms with van der Waals surface area (Å²) >= 11 is 0. The van der Waals surface area contributed by atoms with E-state index in [1.54, 1.807) is 24.3 Å². The zero-order chi connectivity index (χ0) is 17.9. The normalized spacial score (nSPS) is 19.1. The van der Waals surface area contributed by atoms with Crippen LogP contribution in [0.15, 0.2) is 24.3 Å². The molecule has 2 atom stereocenters. The number of rotatable bonds is 6. The van der Waals surface area contributed by atoms with Gasteiger partial charge >= 0.3 is 16.2 Å². The predicted octanol–water partition coefficient (Wildman–Crippen LogP) is 0.702. The Morgan fingerprint density at radius 2 is 2.04 bits per heavy atom. The highest BCUT2D eigenvalue weighted by Gasteiger charge is 2.39. The van der Waals surface area contributed by atoms with Crippen LogP contribution < -0.4 is 0 Å². The van der Waals surface area contributed by atoms with Gasteiger partial charge in [-0.2, -0.15) is 13.7 Å². The average molecular weight is 354 g/mol. The van der Waals surface area contributed by atoms with Crippen molar-refractivity contribution in [2.24, 2.45) is 5.92 Å². The minimum Gasteiger partial charge on any atom is -0.480 e. The standard InChI is InChI=1S/C15H15FN2O5S/c16-24(22,23)9-12-6-14(19)18(8-12)13(15(20)21)5-10-1-3-11(7-17)4-2-10/h1-4,12-13H,5-6,8-9H2,(H,20,21)/t12?,13-/m0/s1. The summed E-state index contributed by atoms with van der Waals surface area (Å²) in [5.74, 6) is -3.28. The van der Waals surface area contributed by atoms with Gasteiger partial charge in [0.05, 0.1) is 17.4 Å². The number of benzene rings is 1. The Kier molecular flexibility index (Phi) is 5.19. The fourth-order valence-electron chi connectivity index (χ4n) is 2.77. The lowest BCUT2D eigenvalue weighted by molar-refractivity contribution is -0.148. The number of likely N-dealkylation sites (tertiary alicyclic amines) is 1. The largest absolute Gasteiger partial charge is 0.480 e. The molecule has 0 radical (unpaired) electrons. The van der Waals surface area contributed by atoms with Crippen LogP contribution in [-0.4, -0.2) is 48.6 Å². The van der Waals surface area contributed by atoms with E-state index in [0.717, 1.165) is 4.90 Å². The first-order chi connectivity index (χ1) is 11.2. The molecule has 1 heterocycles. The van der Waals surface area contributed by atoms with Crippen LogP contribution in [0, 0.1) is 17.2 Å². The highest BCUT2D eigenvalue weighted by atomic mass is 32.3. The summed E-state index contributed by atoms with van der Waals surface area (Å²) in [7, 11) is -4.72. The fraction of sp³-hybridized carbons (Fsp3) is 0.400. The van der Waals surface area contributed by atoms with Crippen molar-refractivity contribution < 1.29 is 27.0 Å². The number of hydrogen-bond donors (Lipinski definition) is 1. The molecule has 7 nitrogen and oxygen atoms in total. The second-order valence-electron chi connectivity index (χ2n) is 5.69. The van der Waals surface area contributed by atoms with Gasteiger partial charge in [0, 0.05) is 25.3 Å². The van der Waals surface area contributed by atoms with Crippen molar-refractivity contribution in [3.63, 3.8) is 0 Å². The number of carbonyl (C=O) groups excluding carboxylic acids is 1. The van der Waals surface area contributed by atoms with E-state index >= 15 is 0 Å². The summed E-state index contributed by atoms with van der Waals surface area (Å²) in [4.78, 5) is 24.6. The van der Waals surface area contributed by atoms with E-state index in [9.17, 15) is 27.0 Å². The van der Waals surface area contributed by atoms with E-state index in [2.05, 4.69) is 0 Å². The third kappa shape index (κ3) is 4.52. The highest BCUT2D eigenvalue weighted by Crippen LogP contribution is 2.24. The lowest BCUT2D eigenvalue weighted by Crippen LogP contribution is -2.43. The molecule has 0 spiro atoms. The van der Waals surface area contributed by atoms with Crippen molar-refractivity contribution in [1.29, 1.82) is 5.26 Å². The Hall–Kier alpha value is -2.47. The maximum Gasteiger partial charge on any atom is 0.326 e. The minimum atomic E-state index is -4.72. The number of carboxylic acid groups (broad SMARTS) is 1. The fourth-order valence-corrected chi connectivity index (χ4v) is 3.56. The van der Waals surface area contributed by atoms with E-state index in [1.807, 2.05) is 6.07 Å². The topological polar surface area (TPSA) is 116 Å². The first kappa shape index (κ1) is 17.9. The van der Waals surface area contributed by atoms with Crippen LogP contribution in [0.4, 0.5) is 3.89 Å². The molecule has 24 heavy (non-hydrogen) atoms. The van der Waals surface area contributed by atoms with E-state index in [0.29, 0.717) is 11.1 Å². The van der Waals surface area contributed by atoms with Gasteiger partial charge in [-0.05, 0) is 17.7 Å². The molecule has 1 aliphatic rings. The van der Waals surface area contributed by atoms with Gasteiger partial charge in [0.15, 0.2) is 0 Å². The molecule has 0 bridgehead atoms. The van der Waals surface area contributed by atoms with Crippen LogP contribution in [0.3, 0.4) is 0 Å². The summed E-state index contributed by atoms with van der Waals surface area (Å²) < 4.78 is 34.2. The smallest absolute Gasteiger partial charge is 0.326 e. The molecule has 1 fully saturated rings. The molecule has 0 aliphatic carbocycles. The van der Waals surface area contributed by atoms with Gasteiger partial charge in [-0.1, -0.05) is 12.1 Å². The molecule has 1 amide bonds. The number of halogens is 1. The van der Waals surface area contributed by atoms with E-state index in [4.69, 9.17) is 5.26 Å². The Bertz CT molecular complexity index is 785. The van der Waals surface area contributed by atoms with Crippen LogP contribution in [0.1, 0.15) is 17.5 Å². The summed E-state index contributed by atoms with van der Waals surface area (Å²) in [6.07, 6.45) is -0.178. The molecule has 1 saturated heterocycles. The molecule has 1 aromatic rings. The van der Waals surface area contributed by atoms with Gasteiger partial charge in [0.25, 0.3) is 0 Å². The molecule has 0 aromatic heterocycles. The maximum absolute atomic E-state index is 12.8. The van der Waals surface area contributed by atoms with Gasteiger partial charge in [0.1, 0.15) is 6.04 Å². The molecule has 1 unspecified atom stereocenters. The average Bonchev–Trinajstić information content (AvgIpc) is 2.83. The third-order valence-electron chi connectivity index (χ3n) is 3.85. The van der Waals surface area contributed by atoms with Crippen molar-refractivity contribution in [2.45, 2.75) is 18.9 Å². The molecule has 0 saturated carbocycles. The van der Waals surface area contributed by atoms with E-state index in [-0.39, 0.29) is 19.4 Å². The Morgan fingerprint density at radius 3 is 2.54 bits per heavy atom. The molecular formula is C15H15FN2O5S. The number of amides is 1. The van der Waals surface area contributed by atoms with Crippen molar-refractivity contribution in [2.75, 3.05) is 12.3 Å². The van der Waals surface area contributed by atoms with Gasteiger partial charge in [-0.3, -0.25) is 4.79 Å². The molecule has 1 aliphatic heterocycles. The maximum atomic E-state index is 12.8. The van der Waals surface area contributed by atoms with E-state index < -0.39 is 39.8 Å². The minimum absolute atomic E-state index is 0.0158. The quantitative estimate of drug-likeness (QED) is 0.752. The number of nitriles is 1. The van der Waals surface area contributed by atoms with E-state index in [1.165, 1.54) is 0 Å². The zero-order valence-corrected chi connectivity index (χ0v) is 13.4. The summed E-state index contributed by atoms with van der Waals surface area (Å²) in [6.45, 7) is -0.116. The van der Waals surface area contributed by atoms with Crippen molar-refractivity contribution in [1.82, 2.24) is 4.90 Å². The molecule has 1 aromatic carbocycles. The summed E-state index contributed by atoms with van der Waals surface area (Å²) in [6, 6.07) is 7.05. The molecule has 1 N–H and O–H groups in total. The third-order valence-corrected chi connectivity index (χ3v) is 4.72. The first-order valence-corrected chi connectivity index (χ1v) is 8.68. The molecular weight excluding hydrogens is 339 g/mol. The highest BCUT2D eigenvalue weighted by molar-refractivity contribution is 7.86. The van der Waals surface area contributed by atoms with Gasteiger partial charge in [-0.15, -0.1) is 3.89 Å². The second kappa shape index (κ2) is 6.97. The first-order valence-electron chi connectivity index (χ1n) is 7.13. The number of aliphatic carboxylic acids is 1. The molecule has 2 rings (SSSR count). The van der Waals surface area contributed by atoms with Crippen LogP contribution in [-0.2, 0) is 26.2 Å². The van der Waals surface area contributed by atoms with Crippen molar-refractivity contribution in [3.8, 4) is 6.07 Å². The SMILES string of the molecule is N#Cc1ccc(C[C@@H](C(=O)O)N2CC(CS(=O)(=O)F)CC2=O)cc1. The van der Waals surface area contributed by atoms with Crippen LogP contribution in [0.5, 0.6) is 0 Å². The van der Waals surface area contributed by atoms with Crippen molar-refractivity contribution in [3.05, 3.63) is 35.4 Å². The Balaban J connectivity index is 2.14. The van der Waals surface area contributed by atoms with Crippen LogP contribution in [0.2, 0.25) is 0 Å². The second-order valence-corrected chi connectivity index (χ2v) is 7.10. The van der Waals surface area contributed by atoms with Gasteiger partial charge in [-0.25, -0.2) is 4.79 Å². The predicted molar refractivity (Wildman–Crippen MR) is 81.0 cm³/mol.